The van der Waals surface area contributed by atoms with Crippen molar-refractivity contribution < 1.29 is 9.18 Å². The van der Waals surface area contributed by atoms with Crippen molar-refractivity contribution in [2.75, 3.05) is 11.9 Å². The lowest BCUT2D eigenvalue weighted by Crippen LogP contribution is -2.32. The minimum Gasteiger partial charge on any atom is -0.389 e. The van der Waals surface area contributed by atoms with E-state index >= 15 is 0 Å². The molecule has 0 aliphatic carbocycles. The second kappa shape index (κ2) is 5.83. The summed E-state index contributed by atoms with van der Waals surface area (Å²) in [5.41, 5.74) is 6.31. The van der Waals surface area contributed by atoms with Crippen LogP contribution in [0.5, 0.6) is 0 Å². The highest BCUT2D eigenvalue weighted by Gasteiger charge is 2.21. The van der Waals surface area contributed by atoms with E-state index in [2.05, 4.69) is 26.6 Å². The van der Waals surface area contributed by atoms with Crippen LogP contribution in [-0.2, 0) is 4.79 Å². The SMILES string of the molecule is NC(=S)c1ccc(NCC2CCC(=O)N2)c(F)c1Br. The van der Waals surface area contributed by atoms with Crippen LogP contribution in [0.2, 0.25) is 0 Å². The third-order valence-corrected chi connectivity index (χ3v) is 3.97. The van der Waals surface area contributed by atoms with Gasteiger partial charge in [0.15, 0.2) is 5.82 Å². The van der Waals surface area contributed by atoms with Crippen LogP contribution in [0.4, 0.5) is 10.1 Å². The first kappa shape index (κ1) is 14.2. The normalized spacial score (nSPS) is 18.2. The number of anilines is 1. The molecule has 102 valence electrons. The molecule has 1 atom stereocenters. The molecular formula is C12H13BrFN3OS. The Morgan fingerprint density at radius 1 is 1.63 bits per heavy atom. The van der Waals surface area contributed by atoms with Crippen molar-refractivity contribution in [3.8, 4) is 0 Å². The van der Waals surface area contributed by atoms with E-state index in [0.717, 1.165) is 6.42 Å². The number of rotatable bonds is 4. The fourth-order valence-electron chi connectivity index (χ4n) is 1.94. The molecule has 1 aliphatic heterocycles. The molecule has 2 rings (SSSR count). The quantitative estimate of drug-likeness (QED) is 0.729. The molecule has 19 heavy (non-hydrogen) atoms. The highest BCUT2D eigenvalue weighted by Crippen LogP contribution is 2.27. The van der Waals surface area contributed by atoms with E-state index in [4.69, 9.17) is 18.0 Å². The molecule has 0 saturated carbocycles. The van der Waals surface area contributed by atoms with Gasteiger partial charge in [0.2, 0.25) is 5.91 Å². The monoisotopic (exact) mass is 345 g/mol. The molecule has 1 aliphatic rings. The minimum absolute atomic E-state index is 0.0391. The number of amides is 1. The Morgan fingerprint density at radius 3 is 2.95 bits per heavy atom. The van der Waals surface area contributed by atoms with E-state index in [0.29, 0.717) is 24.2 Å². The van der Waals surface area contributed by atoms with E-state index in [9.17, 15) is 9.18 Å². The van der Waals surface area contributed by atoms with Crippen molar-refractivity contribution in [3.05, 3.63) is 28.0 Å². The average molecular weight is 346 g/mol. The summed E-state index contributed by atoms with van der Waals surface area (Å²) in [4.78, 5) is 11.2. The number of halogens is 2. The van der Waals surface area contributed by atoms with Crippen LogP contribution >= 0.6 is 28.1 Å². The molecular weight excluding hydrogens is 333 g/mol. The first-order valence-corrected chi connectivity index (χ1v) is 7.00. The zero-order valence-electron chi connectivity index (χ0n) is 10.0. The van der Waals surface area contributed by atoms with Crippen molar-refractivity contribution in [2.24, 2.45) is 5.73 Å². The van der Waals surface area contributed by atoms with Gasteiger partial charge in [-0.1, -0.05) is 12.2 Å². The molecule has 4 nitrogen and oxygen atoms in total. The van der Waals surface area contributed by atoms with E-state index in [1.54, 1.807) is 12.1 Å². The summed E-state index contributed by atoms with van der Waals surface area (Å²) in [6, 6.07) is 3.29. The Hall–Kier alpha value is -1.21. The van der Waals surface area contributed by atoms with Gasteiger partial charge in [0.05, 0.1) is 10.2 Å². The van der Waals surface area contributed by atoms with Crippen LogP contribution in [0.3, 0.4) is 0 Å². The van der Waals surface area contributed by atoms with Gasteiger partial charge in [0, 0.05) is 24.6 Å². The maximum absolute atomic E-state index is 14.1. The van der Waals surface area contributed by atoms with Gasteiger partial charge in [-0.3, -0.25) is 4.79 Å². The summed E-state index contributed by atoms with van der Waals surface area (Å²) >= 11 is 7.97. The molecule has 0 radical (unpaired) electrons. The van der Waals surface area contributed by atoms with E-state index < -0.39 is 5.82 Å². The van der Waals surface area contributed by atoms with Gasteiger partial charge >= 0.3 is 0 Å². The van der Waals surface area contributed by atoms with Gasteiger partial charge in [0.25, 0.3) is 0 Å². The number of nitrogens with one attached hydrogen (secondary N) is 2. The summed E-state index contributed by atoms with van der Waals surface area (Å²) in [7, 11) is 0. The minimum atomic E-state index is -0.436. The first-order valence-electron chi connectivity index (χ1n) is 5.80. The van der Waals surface area contributed by atoms with Crippen molar-refractivity contribution >= 4 is 44.7 Å². The van der Waals surface area contributed by atoms with Gasteiger partial charge in [-0.05, 0) is 34.5 Å². The zero-order valence-corrected chi connectivity index (χ0v) is 12.4. The fourth-order valence-corrected chi connectivity index (χ4v) is 2.80. The molecule has 0 aromatic heterocycles. The molecule has 7 heteroatoms. The highest BCUT2D eigenvalue weighted by molar-refractivity contribution is 9.10. The molecule has 1 heterocycles. The van der Waals surface area contributed by atoms with E-state index in [1.807, 2.05) is 0 Å². The average Bonchev–Trinajstić information content (AvgIpc) is 2.76. The van der Waals surface area contributed by atoms with Crippen LogP contribution in [0.25, 0.3) is 0 Å². The maximum Gasteiger partial charge on any atom is 0.220 e. The Balaban J connectivity index is 2.07. The summed E-state index contributed by atoms with van der Waals surface area (Å²) in [6.45, 7) is 0.488. The van der Waals surface area contributed by atoms with Crippen LogP contribution in [0, 0.1) is 5.82 Å². The van der Waals surface area contributed by atoms with E-state index in [-0.39, 0.29) is 21.4 Å². The van der Waals surface area contributed by atoms with Crippen molar-refractivity contribution in [1.29, 1.82) is 0 Å². The number of hydrogen-bond acceptors (Lipinski definition) is 3. The molecule has 1 saturated heterocycles. The predicted molar refractivity (Wildman–Crippen MR) is 79.6 cm³/mol. The summed E-state index contributed by atoms with van der Waals surface area (Å²) in [5.74, 6) is -0.396. The molecule has 0 spiro atoms. The Bertz CT molecular complexity index is 538. The number of thiocarbonyl (C=S) groups is 1. The lowest BCUT2D eigenvalue weighted by molar-refractivity contribution is -0.119. The van der Waals surface area contributed by atoms with Gasteiger partial charge < -0.3 is 16.4 Å². The van der Waals surface area contributed by atoms with Gasteiger partial charge in [0.1, 0.15) is 4.99 Å². The smallest absolute Gasteiger partial charge is 0.220 e. The van der Waals surface area contributed by atoms with Gasteiger partial charge in [-0.15, -0.1) is 0 Å². The van der Waals surface area contributed by atoms with Crippen molar-refractivity contribution in [1.82, 2.24) is 5.32 Å². The lowest BCUT2D eigenvalue weighted by atomic mass is 10.2. The number of carbonyl (C=O) groups excluding carboxylic acids is 1. The van der Waals surface area contributed by atoms with Crippen molar-refractivity contribution in [2.45, 2.75) is 18.9 Å². The second-order valence-corrected chi connectivity index (χ2v) is 5.57. The van der Waals surface area contributed by atoms with E-state index in [1.165, 1.54) is 0 Å². The number of carbonyl (C=O) groups is 1. The standard InChI is InChI=1S/C12H13BrFN3OS/c13-10-7(12(15)19)2-3-8(11(10)14)16-5-6-1-4-9(18)17-6/h2-3,6,16H,1,4-5H2,(H2,15,19)(H,17,18). The highest BCUT2D eigenvalue weighted by atomic mass is 79.9. The third kappa shape index (κ3) is 3.22. The third-order valence-electron chi connectivity index (χ3n) is 2.97. The number of hydrogen-bond donors (Lipinski definition) is 3. The molecule has 1 amide bonds. The lowest BCUT2D eigenvalue weighted by Gasteiger charge is -2.14. The molecule has 1 unspecified atom stereocenters. The molecule has 0 bridgehead atoms. The molecule has 1 aromatic rings. The summed E-state index contributed by atoms with van der Waals surface area (Å²) in [6.07, 6.45) is 1.29. The fraction of sp³-hybridized carbons (Fsp3) is 0.333. The van der Waals surface area contributed by atoms with Crippen LogP contribution in [0.1, 0.15) is 18.4 Å². The summed E-state index contributed by atoms with van der Waals surface area (Å²) < 4.78 is 14.3. The number of nitrogens with two attached hydrogens (primary N) is 1. The number of benzene rings is 1. The molecule has 1 fully saturated rings. The Kier molecular flexibility index (Phi) is 4.36. The molecule has 1 aromatic carbocycles. The van der Waals surface area contributed by atoms with Crippen LogP contribution in [-0.4, -0.2) is 23.5 Å². The van der Waals surface area contributed by atoms with Crippen LogP contribution in [0.15, 0.2) is 16.6 Å². The van der Waals surface area contributed by atoms with Gasteiger partial charge in [-0.2, -0.15) is 0 Å². The maximum atomic E-state index is 14.1. The van der Waals surface area contributed by atoms with Gasteiger partial charge in [-0.25, -0.2) is 4.39 Å². The Morgan fingerprint density at radius 2 is 2.37 bits per heavy atom. The van der Waals surface area contributed by atoms with Crippen molar-refractivity contribution in [3.63, 3.8) is 0 Å². The zero-order chi connectivity index (χ0) is 14.0. The largest absolute Gasteiger partial charge is 0.389 e. The Labute approximate surface area is 124 Å². The van der Waals surface area contributed by atoms with Crippen LogP contribution < -0.4 is 16.4 Å². The second-order valence-electron chi connectivity index (χ2n) is 4.34. The topological polar surface area (TPSA) is 67.1 Å². The predicted octanol–water partition coefficient (Wildman–Crippen LogP) is 1.91. The molecule has 4 N–H and O–H groups in total. The summed E-state index contributed by atoms with van der Waals surface area (Å²) in [5, 5.41) is 5.79. The first-order chi connectivity index (χ1) is 8.99.